The molecule has 0 aliphatic heterocycles. The number of benzene rings is 2. The first kappa shape index (κ1) is 17.8. The number of carbonyl (C=O) groups is 1. The van der Waals surface area contributed by atoms with Crippen LogP contribution in [-0.4, -0.2) is 15.9 Å². The molecule has 0 bridgehead atoms. The number of aryl methyl sites for hydroxylation is 1. The summed E-state index contributed by atoms with van der Waals surface area (Å²) in [4.78, 5) is 22.3. The highest BCUT2D eigenvalue weighted by atomic mass is 35.5. The Kier molecular flexibility index (Phi) is 4.30. The number of thiazole rings is 1. The van der Waals surface area contributed by atoms with Crippen LogP contribution in [0.25, 0.3) is 32.6 Å². The Morgan fingerprint density at radius 1 is 1.03 bits per heavy atom. The van der Waals surface area contributed by atoms with E-state index in [4.69, 9.17) is 16.0 Å². The Morgan fingerprint density at radius 3 is 2.72 bits per heavy atom. The minimum atomic E-state index is -0.252. The van der Waals surface area contributed by atoms with Gasteiger partial charge in [-0.25, -0.2) is 9.97 Å². The summed E-state index contributed by atoms with van der Waals surface area (Å²) >= 11 is 7.43. The number of furan rings is 1. The molecule has 1 N–H and O–H groups in total. The van der Waals surface area contributed by atoms with E-state index >= 15 is 0 Å². The van der Waals surface area contributed by atoms with E-state index in [9.17, 15) is 4.79 Å². The first-order chi connectivity index (χ1) is 14.1. The van der Waals surface area contributed by atoms with Crippen LogP contribution in [0.5, 0.6) is 0 Å². The highest BCUT2D eigenvalue weighted by molar-refractivity contribution is 7.22. The monoisotopic (exact) mass is 419 g/mol. The smallest absolute Gasteiger partial charge is 0.258 e. The Morgan fingerprint density at radius 2 is 1.90 bits per heavy atom. The van der Waals surface area contributed by atoms with Crippen LogP contribution in [0.15, 0.2) is 65.1 Å². The Labute approximate surface area is 175 Å². The second-order valence-electron chi connectivity index (χ2n) is 6.57. The Hall–Kier alpha value is -3.22. The Bertz CT molecular complexity index is 1390. The van der Waals surface area contributed by atoms with Crippen molar-refractivity contribution in [3.8, 4) is 11.5 Å². The molecule has 0 unspecified atom stereocenters. The number of aromatic nitrogens is 2. The van der Waals surface area contributed by atoms with Gasteiger partial charge in [0.15, 0.2) is 10.9 Å². The van der Waals surface area contributed by atoms with E-state index in [0.29, 0.717) is 27.2 Å². The molecule has 0 aliphatic rings. The lowest BCUT2D eigenvalue weighted by molar-refractivity contribution is 0.102. The maximum absolute atomic E-state index is 13.1. The average Bonchev–Trinajstić information content (AvgIpc) is 3.32. The van der Waals surface area contributed by atoms with Gasteiger partial charge in [-0.15, -0.1) is 0 Å². The van der Waals surface area contributed by atoms with Gasteiger partial charge in [0.25, 0.3) is 5.91 Å². The lowest BCUT2D eigenvalue weighted by atomic mass is 10.1. The van der Waals surface area contributed by atoms with Gasteiger partial charge in [0.2, 0.25) is 0 Å². The molecule has 0 aliphatic carbocycles. The number of rotatable bonds is 3. The molecule has 29 heavy (non-hydrogen) atoms. The highest BCUT2D eigenvalue weighted by Gasteiger charge is 2.17. The molecule has 3 heterocycles. The molecule has 0 fully saturated rings. The van der Waals surface area contributed by atoms with Crippen LogP contribution in [0.2, 0.25) is 5.02 Å². The van der Waals surface area contributed by atoms with Crippen LogP contribution in [0, 0.1) is 6.92 Å². The lowest BCUT2D eigenvalue weighted by Gasteiger charge is -2.08. The number of amides is 1. The van der Waals surface area contributed by atoms with Gasteiger partial charge in [-0.1, -0.05) is 41.1 Å². The number of nitrogens with zero attached hydrogens (tertiary/aromatic N) is 2. The normalized spacial score (nSPS) is 11.2. The number of hydrogen-bond acceptors (Lipinski definition) is 5. The minimum absolute atomic E-state index is 0.252. The van der Waals surface area contributed by atoms with Crippen molar-refractivity contribution in [3.05, 3.63) is 77.0 Å². The molecule has 5 aromatic rings. The second kappa shape index (κ2) is 6.99. The van der Waals surface area contributed by atoms with Crippen molar-refractivity contribution < 1.29 is 9.21 Å². The van der Waals surface area contributed by atoms with E-state index in [0.717, 1.165) is 26.9 Å². The van der Waals surface area contributed by atoms with Gasteiger partial charge >= 0.3 is 0 Å². The fourth-order valence-electron chi connectivity index (χ4n) is 3.18. The molecule has 7 heteroatoms. The standard InChI is InChI=1S/C22H14ClN3O2S/c1-12-6-9-19(28-12)18-11-15(14-4-2-3-5-16(14)24-18)21(27)26-22-25-17-8-7-13(23)10-20(17)29-22/h2-11H,1H3,(H,25,26,27). The number of nitrogens with one attached hydrogen (secondary N) is 1. The van der Waals surface area contributed by atoms with E-state index in [-0.39, 0.29) is 5.91 Å². The minimum Gasteiger partial charge on any atom is -0.460 e. The number of fused-ring (bicyclic) bond motifs is 2. The van der Waals surface area contributed by atoms with Crippen LogP contribution in [-0.2, 0) is 0 Å². The van der Waals surface area contributed by atoms with E-state index in [1.54, 1.807) is 12.1 Å². The number of carbonyl (C=O) groups excluding carboxylic acids is 1. The van der Waals surface area contributed by atoms with Crippen molar-refractivity contribution in [2.24, 2.45) is 0 Å². The third-order valence-electron chi connectivity index (χ3n) is 4.52. The van der Waals surface area contributed by atoms with Crippen LogP contribution in [0.3, 0.4) is 0 Å². The van der Waals surface area contributed by atoms with Crippen LogP contribution >= 0.6 is 22.9 Å². The maximum Gasteiger partial charge on any atom is 0.258 e. The second-order valence-corrected chi connectivity index (χ2v) is 8.03. The molecule has 0 atom stereocenters. The van der Waals surface area contributed by atoms with Gasteiger partial charge in [-0.05, 0) is 49.4 Å². The Balaban J connectivity index is 1.57. The van der Waals surface area contributed by atoms with Gasteiger partial charge in [0.05, 0.1) is 21.3 Å². The van der Waals surface area contributed by atoms with Crippen molar-refractivity contribution in [1.29, 1.82) is 0 Å². The number of para-hydroxylation sites is 1. The van der Waals surface area contributed by atoms with Gasteiger partial charge in [0.1, 0.15) is 11.5 Å². The first-order valence-electron chi connectivity index (χ1n) is 8.91. The summed E-state index contributed by atoms with van der Waals surface area (Å²) in [5.74, 6) is 1.16. The largest absolute Gasteiger partial charge is 0.460 e. The topological polar surface area (TPSA) is 68.0 Å². The van der Waals surface area contributed by atoms with Gasteiger partial charge in [-0.2, -0.15) is 0 Å². The van der Waals surface area contributed by atoms with Crippen molar-refractivity contribution >= 4 is 55.1 Å². The summed E-state index contributed by atoms with van der Waals surface area (Å²) in [5, 5.41) is 4.83. The third kappa shape index (κ3) is 3.37. The molecule has 1 amide bonds. The van der Waals surface area contributed by atoms with Gasteiger partial charge in [0, 0.05) is 10.4 Å². The molecular weight excluding hydrogens is 406 g/mol. The summed E-state index contributed by atoms with van der Waals surface area (Å²) in [6.45, 7) is 1.87. The quantitative estimate of drug-likeness (QED) is 0.371. The molecule has 3 aromatic heterocycles. The van der Waals surface area contributed by atoms with Gasteiger partial charge < -0.3 is 4.42 Å². The van der Waals surface area contributed by atoms with Crippen molar-refractivity contribution in [2.45, 2.75) is 6.92 Å². The van der Waals surface area contributed by atoms with Crippen LogP contribution in [0.4, 0.5) is 5.13 Å². The van der Waals surface area contributed by atoms with Crippen LogP contribution in [0.1, 0.15) is 16.1 Å². The molecule has 0 saturated heterocycles. The predicted octanol–water partition coefficient (Wildman–Crippen LogP) is 6.32. The molecule has 142 valence electrons. The summed E-state index contributed by atoms with van der Waals surface area (Å²) in [6, 6.07) is 18.5. The number of anilines is 1. The fraction of sp³-hybridized carbons (Fsp3) is 0.0455. The molecule has 5 rings (SSSR count). The summed E-state index contributed by atoms with van der Waals surface area (Å²) in [5.41, 5.74) is 2.64. The van der Waals surface area contributed by atoms with E-state index in [2.05, 4.69) is 15.3 Å². The van der Waals surface area contributed by atoms with Crippen molar-refractivity contribution in [2.75, 3.05) is 5.32 Å². The summed E-state index contributed by atoms with van der Waals surface area (Å²) < 4.78 is 6.62. The number of pyridine rings is 1. The maximum atomic E-state index is 13.1. The highest BCUT2D eigenvalue weighted by Crippen LogP contribution is 2.30. The zero-order valence-electron chi connectivity index (χ0n) is 15.3. The number of hydrogen-bond donors (Lipinski definition) is 1. The molecule has 0 spiro atoms. The molecular formula is C22H14ClN3O2S. The van der Waals surface area contributed by atoms with Crippen LogP contribution < -0.4 is 5.32 Å². The summed E-state index contributed by atoms with van der Waals surface area (Å²) in [6.07, 6.45) is 0. The third-order valence-corrected chi connectivity index (χ3v) is 5.69. The number of halogens is 1. The zero-order chi connectivity index (χ0) is 20.0. The van der Waals surface area contributed by atoms with Crippen molar-refractivity contribution in [1.82, 2.24) is 9.97 Å². The molecule has 5 nitrogen and oxygen atoms in total. The summed E-state index contributed by atoms with van der Waals surface area (Å²) in [7, 11) is 0. The van der Waals surface area contributed by atoms with Gasteiger partial charge in [-0.3, -0.25) is 10.1 Å². The van der Waals surface area contributed by atoms with Crippen molar-refractivity contribution in [3.63, 3.8) is 0 Å². The van der Waals surface area contributed by atoms with E-state index in [1.165, 1.54) is 11.3 Å². The average molecular weight is 420 g/mol. The lowest BCUT2D eigenvalue weighted by Crippen LogP contribution is -2.12. The fourth-order valence-corrected chi connectivity index (χ4v) is 4.32. The molecule has 2 aromatic carbocycles. The van der Waals surface area contributed by atoms with E-state index in [1.807, 2.05) is 55.5 Å². The molecule has 0 saturated carbocycles. The predicted molar refractivity (Wildman–Crippen MR) is 117 cm³/mol. The SMILES string of the molecule is Cc1ccc(-c2cc(C(=O)Nc3nc4ccc(Cl)cc4s3)c3ccccc3n2)o1. The van der Waals surface area contributed by atoms with E-state index < -0.39 is 0 Å². The zero-order valence-corrected chi connectivity index (χ0v) is 16.8. The first-order valence-corrected chi connectivity index (χ1v) is 10.1. The molecule has 0 radical (unpaired) electrons.